The molecule has 7 heteroatoms. The summed E-state index contributed by atoms with van der Waals surface area (Å²) >= 11 is 0. The molecule has 1 aromatic carbocycles. The van der Waals surface area contributed by atoms with Crippen LogP contribution in [-0.4, -0.2) is 32.1 Å². The van der Waals surface area contributed by atoms with Crippen molar-refractivity contribution in [2.75, 3.05) is 0 Å². The van der Waals surface area contributed by atoms with E-state index in [1.54, 1.807) is 12.1 Å². The third kappa shape index (κ3) is 6.98. The first-order valence-corrected chi connectivity index (χ1v) is 6.50. The van der Waals surface area contributed by atoms with E-state index in [9.17, 15) is 4.79 Å². The van der Waals surface area contributed by atoms with Gasteiger partial charge < -0.3 is 24.2 Å². The first-order valence-electron chi connectivity index (χ1n) is 6.50. The number of rotatable bonds is 2. The van der Waals surface area contributed by atoms with Crippen molar-refractivity contribution in [3.8, 4) is 0 Å². The topological polar surface area (TPSA) is 38.3 Å². The van der Waals surface area contributed by atoms with Gasteiger partial charge in [0.05, 0.1) is 5.56 Å². The molecule has 22 heavy (non-hydrogen) atoms. The van der Waals surface area contributed by atoms with E-state index >= 15 is 0 Å². The Bertz CT molecular complexity index is 432. The van der Waals surface area contributed by atoms with Crippen LogP contribution in [0.4, 0.5) is 0 Å². The van der Waals surface area contributed by atoms with E-state index in [1.807, 2.05) is 18.2 Å². The Morgan fingerprint density at radius 3 is 2.23 bits per heavy atom. The second-order valence-corrected chi connectivity index (χ2v) is 5.76. The molecule has 1 fully saturated rings. The van der Waals surface area contributed by atoms with E-state index in [4.69, 9.17) is 4.74 Å². The molecule has 122 valence electrons. The van der Waals surface area contributed by atoms with Gasteiger partial charge in [-0.25, -0.2) is 4.79 Å². The van der Waals surface area contributed by atoms with Gasteiger partial charge in [0.1, 0.15) is 6.10 Å². The fraction of sp³-hybridized carbons (Fsp3) is 0.533. The number of esters is 1. The van der Waals surface area contributed by atoms with E-state index in [0.29, 0.717) is 11.6 Å². The molecule has 0 aromatic heterocycles. The van der Waals surface area contributed by atoms with Gasteiger partial charge in [-0.05, 0) is 39.3 Å². The van der Waals surface area contributed by atoms with Crippen LogP contribution in [-0.2, 0) is 4.74 Å². The summed E-state index contributed by atoms with van der Waals surface area (Å²) in [6, 6.07) is 9.56. The van der Waals surface area contributed by atoms with Crippen LogP contribution in [0.5, 0.6) is 0 Å². The van der Waals surface area contributed by atoms with Crippen LogP contribution < -0.4 is 19.4 Å². The van der Waals surface area contributed by atoms with Crippen LogP contribution >= 0.6 is 0 Å². The Kier molecular flexibility index (Phi) is 11.9. The average Bonchev–Trinajstić information content (AvgIpc) is 2.27. The SMILES string of the molecule is C[C@H]1C[C@@H](OC(=O)c2ccccc2)CC(C)(C)N1.[B+3].[F-].[F-].[F-]. The maximum atomic E-state index is 12.0. The molecule has 0 aliphatic carbocycles. The number of carbonyl (C=O) groups excluding carboxylic acids is 1. The molecular formula is C15H21BF3NO2. The van der Waals surface area contributed by atoms with Gasteiger partial charge >= 0.3 is 14.4 Å². The van der Waals surface area contributed by atoms with E-state index < -0.39 is 0 Å². The Balaban J connectivity index is -0.000000902. The summed E-state index contributed by atoms with van der Waals surface area (Å²) in [5, 5.41) is 3.51. The standard InChI is InChI=1S/C15H21NO2.B.3FH/c1-11-9-13(10-15(2,3)16-11)18-14(17)12-7-5-4-6-8-12;;;;/h4-8,11,13,16H,9-10H2,1-3H3;;3*1H/q;+3;;;/p-3/t11-,13+;;;;/m0..../s1. The van der Waals surface area contributed by atoms with Crippen LogP contribution in [0, 0.1) is 0 Å². The predicted octanol–water partition coefficient (Wildman–Crippen LogP) is -6.61. The van der Waals surface area contributed by atoms with Crippen LogP contribution in [0.3, 0.4) is 0 Å². The smallest absolute Gasteiger partial charge is 1.00 e. The Morgan fingerprint density at radius 2 is 1.73 bits per heavy atom. The largest absolute Gasteiger partial charge is 3.00 e. The first kappa shape index (κ1) is 25.5. The second kappa shape index (κ2) is 10.3. The van der Waals surface area contributed by atoms with E-state index in [-0.39, 0.29) is 40.1 Å². The van der Waals surface area contributed by atoms with Crippen molar-refractivity contribution < 1.29 is 23.6 Å². The molecule has 0 bridgehead atoms. The van der Waals surface area contributed by atoms with Crippen molar-refractivity contribution in [3.63, 3.8) is 0 Å². The molecule has 1 aliphatic heterocycles. The molecule has 1 aromatic rings. The molecule has 0 amide bonds. The normalized spacial score (nSPS) is 21.8. The number of halogens is 3. The fourth-order valence-corrected chi connectivity index (χ4v) is 2.72. The summed E-state index contributed by atoms with van der Waals surface area (Å²) in [7, 11) is 0. The van der Waals surface area contributed by atoms with Crippen molar-refractivity contribution in [1.82, 2.24) is 5.32 Å². The molecule has 2 atom stereocenters. The zero-order valence-corrected chi connectivity index (χ0v) is 13.0. The van der Waals surface area contributed by atoms with Crippen molar-refractivity contribution >= 4 is 14.4 Å². The first-order chi connectivity index (χ1) is 8.46. The zero-order valence-electron chi connectivity index (χ0n) is 13.0. The van der Waals surface area contributed by atoms with Gasteiger partial charge in [0.2, 0.25) is 0 Å². The van der Waals surface area contributed by atoms with Crippen molar-refractivity contribution in [1.29, 1.82) is 0 Å². The van der Waals surface area contributed by atoms with Gasteiger partial charge in [0.15, 0.2) is 0 Å². The van der Waals surface area contributed by atoms with E-state index in [2.05, 4.69) is 26.1 Å². The molecule has 1 N–H and O–H groups in total. The molecule has 0 radical (unpaired) electrons. The molecule has 0 saturated carbocycles. The number of ether oxygens (including phenoxy) is 1. The zero-order chi connectivity index (χ0) is 13.2. The third-order valence-corrected chi connectivity index (χ3v) is 3.27. The second-order valence-electron chi connectivity index (χ2n) is 5.76. The van der Waals surface area contributed by atoms with Gasteiger partial charge in [-0.1, -0.05) is 18.2 Å². The molecule has 1 heterocycles. The number of hydrogen-bond acceptors (Lipinski definition) is 3. The van der Waals surface area contributed by atoms with Crippen LogP contribution in [0.15, 0.2) is 30.3 Å². The summed E-state index contributed by atoms with van der Waals surface area (Å²) in [6.07, 6.45) is 1.74. The van der Waals surface area contributed by atoms with Gasteiger partial charge in [0, 0.05) is 18.0 Å². The molecular weight excluding hydrogens is 294 g/mol. The van der Waals surface area contributed by atoms with Gasteiger partial charge in [-0.15, -0.1) is 0 Å². The summed E-state index contributed by atoms with van der Waals surface area (Å²) in [5.41, 5.74) is 0.653. The monoisotopic (exact) mass is 315 g/mol. The summed E-state index contributed by atoms with van der Waals surface area (Å²) in [5.74, 6) is -0.217. The minimum absolute atomic E-state index is 0. The third-order valence-electron chi connectivity index (χ3n) is 3.27. The van der Waals surface area contributed by atoms with E-state index in [1.165, 1.54) is 0 Å². The molecule has 1 saturated heterocycles. The molecule has 0 spiro atoms. The quantitative estimate of drug-likeness (QED) is 0.436. The summed E-state index contributed by atoms with van der Waals surface area (Å²) in [6.45, 7) is 6.42. The number of carbonyl (C=O) groups is 1. The molecule has 1 aliphatic rings. The predicted molar refractivity (Wildman–Crippen MR) is 77.3 cm³/mol. The Morgan fingerprint density at radius 1 is 1.18 bits per heavy atom. The van der Waals surface area contributed by atoms with Crippen LogP contribution in [0.1, 0.15) is 44.0 Å². The van der Waals surface area contributed by atoms with Gasteiger partial charge in [0.25, 0.3) is 0 Å². The molecule has 3 nitrogen and oxygen atoms in total. The number of nitrogens with one attached hydrogen (secondary N) is 1. The summed E-state index contributed by atoms with van der Waals surface area (Å²) < 4.78 is 5.60. The van der Waals surface area contributed by atoms with Crippen LogP contribution in [0.2, 0.25) is 0 Å². The van der Waals surface area contributed by atoms with Crippen molar-refractivity contribution in [3.05, 3.63) is 35.9 Å². The number of piperidine rings is 1. The number of hydrogen-bond donors (Lipinski definition) is 1. The average molecular weight is 315 g/mol. The Hall–Kier alpha value is -1.50. The molecule has 2 rings (SSSR count). The number of benzene rings is 1. The minimum atomic E-state index is -0.217. The fourth-order valence-electron chi connectivity index (χ4n) is 2.72. The van der Waals surface area contributed by atoms with Crippen molar-refractivity contribution in [2.45, 2.75) is 51.3 Å². The molecule has 0 unspecified atom stereocenters. The van der Waals surface area contributed by atoms with Gasteiger partial charge in [-0.3, -0.25) is 0 Å². The maximum Gasteiger partial charge on any atom is 3.00 e. The maximum absolute atomic E-state index is 12.0. The van der Waals surface area contributed by atoms with E-state index in [0.717, 1.165) is 12.8 Å². The Labute approximate surface area is 131 Å². The van der Waals surface area contributed by atoms with Gasteiger partial charge in [-0.2, -0.15) is 0 Å². The summed E-state index contributed by atoms with van der Waals surface area (Å²) in [4.78, 5) is 12.0. The van der Waals surface area contributed by atoms with Crippen molar-refractivity contribution in [2.24, 2.45) is 0 Å². The minimum Gasteiger partial charge on any atom is -1.00 e. The van der Waals surface area contributed by atoms with Crippen LogP contribution in [0.25, 0.3) is 0 Å².